The molecule has 2 atom stereocenters. The van der Waals surface area contributed by atoms with Crippen LogP contribution in [0.15, 0.2) is 18.2 Å². The zero-order valence-corrected chi connectivity index (χ0v) is 11.9. The second kappa shape index (κ2) is 5.73. The van der Waals surface area contributed by atoms with Gasteiger partial charge in [-0.25, -0.2) is 0 Å². The van der Waals surface area contributed by atoms with Gasteiger partial charge in [-0.1, -0.05) is 0 Å². The van der Waals surface area contributed by atoms with Crippen molar-refractivity contribution in [2.45, 2.75) is 38.3 Å². The molecule has 3 rings (SSSR count). The lowest BCUT2D eigenvalue weighted by Gasteiger charge is -2.23. The minimum absolute atomic E-state index is 0.0224. The molecule has 1 aromatic carbocycles. The van der Waals surface area contributed by atoms with Crippen molar-refractivity contribution in [1.82, 2.24) is 5.32 Å². The van der Waals surface area contributed by atoms with Crippen LogP contribution in [0, 0.1) is 0 Å². The van der Waals surface area contributed by atoms with Crippen molar-refractivity contribution in [3.05, 3.63) is 18.2 Å². The number of anilines is 2. The number of benzene rings is 1. The van der Waals surface area contributed by atoms with Crippen LogP contribution in [0.5, 0.6) is 5.75 Å². The summed E-state index contributed by atoms with van der Waals surface area (Å²) in [5.74, 6) is 0.421. The largest absolute Gasteiger partial charge is 0.479 e. The predicted molar refractivity (Wildman–Crippen MR) is 79.4 cm³/mol. The van der Waals surface area contributed by atoms with E-state index in [-0.39, 0.29) is 17.9 Å². The first-order valence-electron chi connectivity index (χ1n) is 7.26. The molecular formula is C15H19N3O3. The molecule has 0 bridgehead atoms. The normalized spacial score (nSPS) is 24.0. The van der Waals surface area contributed by atoms with Crippen LogP contribution in [0.4, 0.5) is 11.4 Å². The van der Waals surface area contributed by atoms with E-state index in [9.17, 15) is 9.59 Å². The quantitative estimate of drug-likeness (QED) is 0.787. The van der Waals surface area contributed by atoms with Crippen molar-refractivity contribution in [2.75, 3.05) is 17.2 Å². The van der Waals surface area contributed by atoms with E-state index in [4.69, 9.17) is 4.74 Å². The van der Waals surface area contributed by atoms with Gasteiger partial charge in [-0.15, -0.1) is 0 Å². The maximum atomic E-state index is 12.0. The first kappa shape index (κ1) is 13.9. The summed E-state index contributed by atoms with van der Waals surface area (Å²) in [4.78, 5) is 23.6. The van der Waals surface area contributed by atoms with Crippen molar-refractivity contribution in [3.8, 4) is 5.75 Å². The summed E-state index contributed by atoms with van der Waals surface area (Å²) in [5.41, 5.74) is 1.25. The van der Waals surface area contributed by atoms with E-state index in [0.29, 0.717) is 23.5 Å². The lowest BCUT2D eigenvalue weighted by molar-refractivity contribution is -0.122. The van der Waals surface area contributed by atoms with Gasteiger partial charge in [-0.3, -0.25) is 9.59 Å². The van der Waals surface area contributed by atoms with Crippen LogP contribution < -0.4 is 20.7 Å². The SMILES string of the molecule is CC1Oc2ccc(NC(=O)CC3CCCN3)cc2NC1=O. The second-order valence-electron chi connectivity index (χ2n) is 5.51. The van der Waals surface area contributed by atoms with Crippen LogP contribution in [0.2, 0.25) is 0 Å². The number of carbonyl (C=O) groups is 2. The Kier molecular flexibility index (Phi) is 3.79. The number of carbonyl (C=O) groups excluding carboxylic acids is 2. The van der Waals surface area contributed by atoms with Crippen molar-refractivity contribution >= 4 is 23.2 Å². The van der Waals surface area contributed by atoms with Crippen LogP contribution in [-0.4, -0.2) is 30.5 Å². The molecule has 2 amide bonds. The van der Waals surface area contributed by atoms with Gasteiger partial charge in [0.05, 0.1) is 5.69 Å². The smallest absolute Gasteiger partial charge is 0.265 e. The number of amides is 2. The van der Waals surface area contributed by atoms with Crippen LogP contribution in [0.1, 0.15) is 26.2 Å². The third-order valence-electron chi connectivity index (χ3n) is 3.79. The van der Waals surface area contributed by atoms with Gasteiger partial charge in [0.25, 0.3) is 5.91 Å². The van der Waals surface area contributed by atoms with E-state index in [2.05, 4.69) is 16.0 Å². The van der Waals surface area contributed by atoms with Gasteiger partial charge in [0.2, 0.25) is 5.91 Å². The Bertz CT molecular complexity index is 567. The Morgan fingerprint density at radius 1 is 1.48 bits per heavy atom. The molecule has 2 heterocycles. The molecule has 3 N–H and O–H groups in total. The summed E-state index contributed by atoms with van der Waals surface area (Å²) < 4.78 is 5.48. The lowest BCUT2D eigenvalue weighted by Crippen LogP contribution is -2.34. The summed E-state index contributed by atoms with van der Waals surface area (Å²) in [6.07, 6.45) is 2.14. The molecule has 0 aromatic heterocycles. The monoisotopic (exact) mass is 289 g/mol. The molecule has 0 saturated carbocycles. The summed E-state index contributed by atoms with van der Waals surface area (Å²) in [6, 6.07) is 5.53. The first-order chi connectivity index (χ1) is 10.1. The molecular weight excluding hydrogens is 270 g/mol. The van der Waals surface area contributed by atoms with Crippen LogP contribution >= 0.6 is 0 Å². The molecule has 21 heavy (non-hydrogen) atoms. The molecule has 1 aromatic rings. The Morgan fingerprint density at radius 2 is 2.33 bits per heavy atom. The van der Waals surface area contributed by atoms with Gasteiger partial charge in [0, 0.05) is 18.2 Å². The molecule has 2 aliphatic heterocycles. The highest BCUT2D eigenvalue weighted by Crippen LogP contribution is 2.32. The highest BCUT2D eigenvalue weighted by atomic mass is 16.5. The first-order valence-corrected chi connectivity index (χ1v) is 7.26. The van der Waals surface area contributed by atoms with Crippen LogP contribution in [-0.2, 0) is 9.59 Å². The molecule has 0 radical (unpaired) electrons. The fourth-order valence-corrected chi connectivity index (χ4v) is 2.65. The van der Waals surface area contributed by atoms with Crippen molar-refractivity contribution in [1.29, 1.82) is 0 Å². The molecule has 0 aliphatic carbocycles. The van der Waals surface area contributed by atoms with Gasteiger partial charge < -0.3 is 20.7 Å². The van der Waals surface area contributed by atoms with E-state index in [1.165, 1.54) is 0 Å². The summed E-state index contributed by atoms with van der Waals surface area (Å²) in [6.45, 7) is 2.68. The Labute approximate surface area is 123 Å². The summed E-state index contributed by atoms with van der Waals surface area (Å²) >= 11 is 0. The van der Waals surface area contributed by atoms with Gasteiger partial charge in [0.15, 0.2) is 6.10 Å². The van der Waals surface area contributed by atoms with Gasteiger partial charge in [0.1, 0.15) is 5.75 Å². The fourth-order valence-electron chi connectivity index (χ4n) is 2.65. The van der Waals surface area contributed by atoms with Gasteiger partial charge in [-0.05, 0) is 44.5 Å². The van der Waals surface area contributed by atoms with E-state index < -0.39 is 6.10 Å². The Morgan fingerprint density at radius 3 is 3.10 bits per heavy atom. The molecule has 2 unspecified atom stereocenters. The van der Waals surface area contributed by atoms with Crippen molar-refractivity contribution in [2.24, 2.45) is 0 Å². The molecule has 6 nitrogen and oxygen atoms in total. The average molecular weight is 289 g/mol. The molecule has 1 saturated heterocycles. The topological polar surface area (TPSA) is 79.5 Å². The second-order valence-corrected chi connectivity index (χ2v) is 5.51. The zero-order valence-electron chi connectivity index (χ0n) is 11.9. The Balaban J connectivity index is 1.65. The third kappa shape index (κ3) is 3.16. The highest BCUT2D eigenvalue weighted by molar-refractivity contribution is 5.99. The fraction of sp³-hybridized carbons (Fsp3) is 0.467. The highest BCUT2D eigenvalue weighted by Gasteiger charge is 2.24. The summed E-state index contributed by atoms with van der Waals surface area (Å²) in [7, 11) is 0. The molecule has 2 aliphatic rings. The van der Waals surface area contributed by atoms with E-state index >= 15 is 0 Å². The minimum Gasteiger partial charge on any atom is -0.479 e. The van der Waals surface area contributed by atoms with Gasteiger partial charge >= 0.3 is 0 Å². The number of hydrogen-bond acceptors (Lipinski definition) is 4. The van der Waals surface area contributed by atoms with E-state index in [0.717, 1.165) is 19.4 Å². The number of rotatable bonds is 3. The standard InChI is InChI=1S/C15H19N3O3/c1-9-15(20)18-12-7-11(4-5-13(12)21-9)17-14(19)8-10-3-2-6-16-10/h4-5,7,9-10,16H,2-3,6,8H2,1H3,(H,17,19)(H,18,20). The Hall–Kier alpha value is -2.08. The number of fused-ring (bicyclic) bond motifs is 1. The number of hydrogen-bond donors (Lipinski definition) is 3. The number of ether oxygens (including phenoxy) is 1. The molecule has 1 fully saturated rings. The summed E-state index contributed by atoms with van der Waals surface area (Å²) in [5, 5.41) is 8.92. The van der Waals surface area contributed by atoms with E-state index in [1.54, 1.807) is 25.1 Å². The molecule has 6 heteroatoms. The maximum Gasteiger partial charge on any atom is 0.265 e. The average Bonchev–Trinajstić information content (AvgIpc) is 2.93. The lowest BCUT2D eigenvalue weighted by atomic mass is 10.1. The molecule has 112 valence electrons. The third-order valence-corrected chi connectivity index (χ3v) is 3.79. The maximum absolute atomic E-state index is 12.0. The molecule has 0 spiro atoms. The number of nitrogens with one attached hydrogen (secondary N) is 3. The van der Waals surface area contributed by atoms with Crippen LogP contribution in [0.25, 0.3) is 0 Å². The predicted octanol–water partition coefficient (Wildman–Crippen LogP) is 1.49. The zero-order chi connectivity index (χ0) is 14.8. The van der Waals surface area contributed by atoms with Crippen LogP contribution in [0.3, 0.4) is 0 Å². The van der Waals surface area contributed by atoms with Crippen molar-refractivity contribution < 1.29 is 14.3 Å². The van der Waals surface area contributed by atoms with Crippen molar-refractivity contribution in [3.63, 3.8) is 0 Å². The minimum atomic E-state index is -0.494. The van der Waals surface area contributed by atoms with Gasteiger partial charge in [-0.2, -0.15) is 0 Å². The van der Waals surface area contributed by atoms with E-state index in [1.807, 2.05) is 0 Å².